The van der Waals surface area contributed by atoms with E-state index in [1.807, 2.05) is 36.4 Å². The maximum atomic E-state index is 13.1. The number of hydrazone groups is 1. The van der Waals surface area contributed by atoms with E-state index < -0.39 is 0 Å². The predicted molar refractivity (Wildman–Crippen MR) is 126 cm³/mol. The van der Waals surface area contributed by atoms with Gasteiger partial charge in [0.2, 0.25) is 0 Å². The first-order chi connectivity index (χ1) is 16.0. The molecule has 0 unspecified atom stereocenters. The zero-order valence-electron chi connectivity index (χ0n) is 18.1. The van der Waals surface area contributed by atoms with E-state index in [-0.39, 0.29) is 35.5 Å². The van der Waals surface area contributed by atoms with Crippen LogP contribution < -0.4 is 9.47 Å². The summed E-state index contributed by atoms with van der Waals surface area (Å²) in [5, 5.41) is 5.40. The summed E-state index contributed by atoms with van der Waals surface area (Å²) in [6, 6.07) is 13.4. The van der Waals surface area contributed by atoms with Crippen LogP contribution in [0.5, 0.6) is 11.5 Å². The molecule has 1 saturated heterocycles. The van der Waals surface area contributed by atoms with Crippen molar-refractivity contribution in [3.05, 3.63) is 70.2 Å². The average Bonchev–Trinajstić information content (AvgIpc) is 3.62. The molecule has 7 heteroatoms. The second-order valence-corrected chi connectivity index (χ2v) is 10.1. The van der Waals surface area contributed by atoms with Crippen molar-refractivity contribution in [2.75, 3.05) is 7.11 Å². The van der Waals surface area contributed by atoms with Crippen LogP contribution in [0.25, 0.3) is 0 Å². The number of benzene rings is 2. The molecule has 5 aliphatic rings. The van der Waals surface area contributed by atoms with Crippen LogP contribution in [-0.2, 0) is 16.2 Å². The fourth-order valence-corrected chi connectivity index (χ4v) is 6.07. The van der Waals surface area contributed by atoms with Crippen LogP contribution in [-0.4, -0.2) is 30.1 Å². The van der Waals surface area contributed by atoms with E-state index in [0.717, 1.165) is 27.0 Å². The van der Waals surface area contributed by atoms with Crippen LogP contribution in [0.3, 0.4) is 0 Å². The largest absolute Gasteiger partial charge is 0.493 e. The molecule has 7 rings (SSSR count). The first-order valence-corrected chi connectivity index (χ1v) is 12.0. The Kier molecular flexibility index (Phi) is 4.91. The summed E-state index contributed by atoms with van der Waals surface area (Å²) in [4.78, 5) is 26.1. The van der Waals surface area contributed by atoms with Crippen LogP contribution in [0.2, 0.25) is 0 Å². The fraction of sp³-hybridized carbons (Fsp3) is 0.346. The van der Waals surface area contributed by atoms with Gasteiger partial charge in [0.15, 0.2) is 11.5 Å². The SMILES string of the molecule is COc1cc(/C=N\N2C(=O)[C@@H]3[C@H]4C=C[C@@H]([C@@H]5C[C@H]45)[C@H]3C2=O)ccc1OCc1ccc(Br)cc1. The average molecular weight is 507 g/mol. The van der Waals surface area contributed by atoms with Crippen molar-refractivity contribution in [3.8, 4) is 11.5 Å². The molecule has 0 N–H and O–H groups in total. The van der Waals surface area contributed by atoms with E-state index in [4.69, 9.17) is 9.47 Å². The summed E-state index contributed by atoms with van der Waals surface area (Å²) < 4.78 is 12.4. The number of imide groups is 1. The van der Waals surface area contributed by atoms with E-state index >= 15 is 0 Å². The molecule has 2 saturated carbocycles. The van der Waals surface area contributed by atoms with Gasteiger partial charge in [-0.3, -0.25) is 9.59 Å². The number of amides is 2. The number of hydrogen-bond donors (Lipinski definition) is 0. The second-order valence-electron chi connectivity index (χ2n) is 9.21. The van der Waals surface area contributed by atoms with Gasteiger partial charge >= 0.3 is 0 Å². The molecule has 33 heavy (non-hydrogen) atoms. The minimum Gasteiger partial charge on any atom is -0.493 e. The van der Waals surface area contributed by atoms with E-state index in [0.29, 0.717) is 29.9 Å². The molecule has 168 valence electrons. The van der Waals surface area contributed by atoms with Crippen molar-refractivity contribution in [2.24, 2.45) is 40.6 Å². The number of methoxy groups -OCH3 is 1. The van der Waals surface area contributed by atoms with Gasteiger partial charge in [-0.25, -0.2) is 0 Å². The summed E-state index contributed by atoms with van der Waals surface area (Å²) in [5.41, 5.74) is 1.77. The van der Waals surface area contributed by atoms with Gasteiger partial charge in [-0.1, -0.05) is 40.2 Å². The molecule has 2 amide bonds. The van der Waals surface area contributed by atoms with Crippen LogP contribution >= 0.6 is 15.9 Å². The van der Waals surface area contributed by atoms with Gasteiger partial charge in [-0.05, 0) is 71.6 Å². The molecular weight excluding hydrogens is 484 g/mol. The number of allylic oxidation sites excluding steroid dienone is 2. The topological polar surface area (TPSA) is 68.2 Å². The van der Waals surface area contributed by atoms with Crippen molar-refractivity contribution in [1.29, 1.82) is 0 Å². The standard InChI is InChI=1S/C26H23BrN2O4/c1-32-22-10-15(4-9-21(22)33-13-14-2-5-16(27)6-3-14)12-28-29-25(30)23-17-7-8-18(20-11-19(17)20)24(23)26(29)31/h2-10,12,17-20,23-24H,11,13H2,1H3/b28-12-/t17-,18-,19-,20+,23+,24+/m0/s1. The number of nitrogens with zero attached hydrogens (tertiary/aromatic N) is 2. The predicted octanol–water partition coefficient (Wildman–Crippen LogP) is 4.42. The highest BCUT2D eigenvalue weighted by atomic mass is 79.9. The molecule has 3 fully saturated rings. The Morgan fingerprint density at radius 1 is 1.00 bits per heavy atom. The minimum absolute atomic E-state index is 0.160. The third-order valence-corrected chi connectivity index (χ3v) is 7.99. The van der Waals surface area contributed by atoms with Crippen molar-refractivity contribution in [3.63, 3.8) is 0 Å². The Labute approximate surface area is 200 Å². The zero-order valence-corrected chi connectivity index (χ0v) is 19.6. The van der Waals surface area contributed by atoms with Crippen LogP contribution in [0.15, 0.2) is 64.2 Å². The third-order valence-electron chi connectivity index (χ3n) is 7.46. The van der Waals surface area contributed by atoms with Gasteiger partial charge in [0, 0.05) is 4.47 Å². The van der Waals surface area contributed by atoms with Crippen molar-refractivity contribution < 1.29 is 19.1 Å². The highest BCUT2D eigenvalue weighted by Crippen LogP contribution is 2.65. The van der Waals surface area contributed by atoms with Gasteiger partial charge in [0.05, 0.1) is 25.2 Å². The Morgan fingerprint density at radius 3 is 2.30 bits per heavy atom. The van der Waals surface area contributed by atoms with E-state index in [2.05, 4.69) is 33.2 Å². The quantitative estimate of drug-likeness (QED) is 0.330. The smallest absolute Gasteiger partial charge is 0.254 e. The van der Waals surface area contributed by atoms with Crippen LogP contribution in [0.4, 0.5) is 0 Å². The Balaban J connectivity index is 1.17. The van der Waals surface area contributed by atoms with Crippen molar-refractivity contribution in [1.82, 2.24) is 5.01 Å². The first kappa shape index (κ1) is 20.7. The Morgan fingerprint density at radius 2 is 1.67 bits per heavy atom. The number of rotatable bonds is 6. The van der Waals surface area contributed by atoms with Gasteiger partial charge in [-0.2, -0.15) is 10.1 Å². The lowest BCUT2D eigenvalue weighted by Crippen LogP contribution is -2.40. The highest BCUT2D eigenvalue weighted by Gasteiger charge is 2.67. The van der Waals surface area contributed by atoms with E-state index in [1.54, 1.807) is 19.4 Å². The molecule has 1 heterocycles. The molecule has 2 bridgehead atoms. The summed E-state index contributed by atoms with van der Waals surface area (Å²) in [6.07, 6.45) is 7.02. The van der Waals surface area contributed by atoms with Crippen LogP contribution in [0.1, 0.15) is 17.5 Å². The van der Waals surface area contributed by atoms with Crippen LogP contribution in [0, 0.1) is 35.5 Å². The normalized spacial score (nSPS) is 31.2. The molecule has 0 spiro atoms. The molecule has 1 aliphatic heterocycles. The fourth-order valence-electron chi connectivity index (χ4n) is 5.80. The second kappa shape index (κ2) is 7.83. The molecule has 0 radical (unpaired) electrons. The van der Waals surface area contributed by atoms with E-state index in [9.17, 15) is 9.59 Å². The molecule has 6 atom stereocenters. The lowest BCUT2D eigenvalue weighted by Gasteiger charge is -2.37. The maximum absolute atomic E-state index is 13.1. The minimum atomic E-state index is -0.239. The molecule has 2 aromatic rings. The van der Waals surface area contributed by atoms with Gasteiger partial charge in [-0.15, -0.1) is 0 Å². The Bertz CT molecular complexity index is 1160. The maximum Gasteiger partial charge on any atom is 0.254 e. The van der Waals surface area contributed by atoms with Crippen molar-refractivity contribution in [2.45, 2.75) is 13.0 Å². The summed E-state index contributed by atoms with van der Waals surface area (Å²) in [7, 11) is 1.58. The number of hydrogen-bond acceptors (Lipinski definition) is 5. The zero-order chi connectivity index (χ0) is 22.7. The summed E-state index contributed by atoms with van der Waals surface area (Å²) in [6.45, 7) is 0.412. The summed E-state index contributed by atoms with van der Waals surface area (Å²) in [5.74, 6) is 1.93. The van der Waals surface area contributed by atoms with Gasteiger partial charge in [0.1, 0.15) is 6.61 Å². The lowest BCUT2D eigenvalue weighted by molar-refractivity contribution is -0.140. The Hall–Kier alpha value is -2.93. The first-order valence-electron chi connectivity index (χ1n) is 11.2. The number of carbonyl (C=O) groups is 2. The monoisotopic (exact) mass is 506 g/mol. The lowest BCUT2D eigenvalue weighted by atomic mass is 9.63. The van der Waals surface area contributed by atoms with Crippen molar-refractivity contribution >= 4 is 34.0 Å². The van der Waals surface area contributed by atoms with Gasteiger partial charge in [0.25, 0.3) is 11.8 Å². The summed E-state index contributed by atoms with van der Waals surface area (Å²) >= 11 is 3.43. The third kappa shape index (κ3) is 3.41. The number of ether oxygens (including phenoxy) is 2. The van der Waals surface area contributed by atoms with E-state index in [1.165, 1.54) is 0 Å². The molecular formula is C26H23BrN2O4. The number of halogens is 1. The molecule has 4 aliphatic carbocycles. The molecule has 2 aromatic carbocycles. The molecule has 0 aromatic heterocycles. The number of carbonyl (C=O) groups excluding carboxylic acids is 2. The highest BCUT2D eigenvalue weighted by molar-refractivity contribution is 9.10. The molecule has 6 nitrogen and oxygen atoms in total. The van der Waals surface area contributed by atoms with Gasteiger partial charge < -0.3 is 9.47 Å².